The van der Waals surface area contributed by atoms with Crippen molar-refractivity contribution < 1.29 is 29.6 Å². The van der Waals surface area contributed by atoms with Crippen LogP contribution in [0.3, 0.4) is 0 Å². The van der Waals surface area contributed by atoms with Gasteiger partial charge in [-0.15, -0.1) is 0 Å². The van der Waals surface area contributed by atoms with Crippen LogP contribution in [0.2, 0.25) is 0 Å². The van der Waals surface area contributed by atoms with Gasteiger partial charge in [-0.05, 0) is 0 Å². The third-order valence-electron chi connectivity index (χ3n) is 2.06. The molecule has 1 rings (SSSR count). The van der Waals surface area contributed by atoms with E-state index in [9.17, 15) is 9.59 Å². The van der Waals surface area contributed by atoms with Gasteiger partial charge in [0.25, 0.3) is 0 Å². The SMILES string of the molecule is O=C(O)COCC(=O)N1C[C@@H](O)[C@@H](O)C1. The summed E-state index contributed by atoms with van der Waals surface area (Å²) in [5.74, 6) is -1.59. The van der Waals surface area contributed by atoms with Gasteiger partial charge in [0.1, 0.15) is 13.2 Å². The summed E-state index contributed by atoms with van der Waals surface area (Å²) in [7, 11) is 0. The highest BCUT2D eigenvalue weighted by atomic mass is 16.5. The van der Waals surface area contributed by atoms with Crippen molar-refractivity contribution in [2.45, 2.75) is 12.2 Å². The van der Waals surface area contributed by atoms with Crippen molar-refractivity contribution >= 4 is 11.9 Å². The van der Waals surface area contributed by atoms with Crippen LogP contribution < -0.4 is 0 Å². The Kier molecular flexibility index (Phi) is 4.01. The third-order valence-corrected chi connectivity index (χ3v) is 2.06. The van der Waals surface area contributed by atoms with Crippen molar-refractivity contribution in [3.05, 3.63) is 0 Å². The van der Waals surface area contributed by atoms with E-state index in [-0.39, 0.29) is 19.7 Å². The molecule has 0 aliphatic carbocycles. The number of hydrogen-bond donors (Lipinski definition) is 3. The molecule has 7 nitrogen and oxygen atoms in total. The molecule has 1 aliphatic rings. The van der Waals surface area contributed by atoms with Crippen LogP contribution in [0.5, 0.6) is 0 Å². The molecule has 7 heteroatoms. The molecular formula is C8H13NO6. The highest BCUT2D eigenvalue weighted by molar-refractivity contribution is 5.78. The molecule has 0 unspecified atom stereocenters. The quantitative estimate of drug-likeness (QED) is 0.488. The number of likely N-dealkylation sites (tertiary alicyclic amines) is 1. The minimum absolute atomic E-state index is 0.0520. The zero-order chi connectivity index (χ0) is 11.4. The minimum Gasteiger partial charge on any atom is -0.480 e. The monoisotopic (exact) mass is 219 g/mol. The molecule has 1 saturated heterocycles. The molecule has 2 atom stereocenters. The molecule has 15 heavy (non-hydrogen) atoms. The summed E-state index contributed by atoms with van der Waals surface area (Å²) in [4.78, 5) is 22.6. The van der Waals surface area contributed by atoms with Crippen LogP contribution in [-0.2, 0) is 14.3 Å². The molecule has 0 spiro atoms. The first-order valence-electron chi connectivity index (χ1n) is 4.44. The van der Waals surface area contributed by atoms with Gasteiger partial charge in [-0.2, -0.15) is 0 Å². The van der Waals surface area contributed by atoms with Crippen molar-refractivity contribution in [1.82, 2.24) is 4.90 Å². The Balaban J connectivity index is 2.26. The lowest BCUT2D eigenvalue weighted by Gasteiger charge is -2.14. The summed E-state index contributed by atoms with van der Waals surface area (Å²) in [6.45, 7) is -0.788. The van der Waals surface area contributed by atoms with E-state index in [1.165, 1.54) is 4.90 Å². The summed E-state index contributed by atoms with van der Waals surface area (Å²) >= 11 is 0. The predicted octanol–water partition coefficient (Wildman–Crippen LogP) is -2.35. The summed E-state index contributed by atoms with van der Waals surface area (Å²) < 4.78 is 4.59. The molecule has 0 radical (unpaired) electrons. The van der Waals surface area contributed by atoms with E-state index >= 15 is 0 Å². The molecule has 1 heterocycles. The molecule has 0 aromatic carbocycles. The average Bonchev–Trinajstić information content (AvgIpc) is 2.46. The van der Waals surface area contributed by atoms with Crippen LogP contribution in [0.1, 0.15) is 0 Å². The Hall–Kier alpha value is -1.18. The van der Waals surface area contributed by atoms with Crippen molar-refractivity contribution in [2.24, 2.45) is 0 Å². The lowest BCUT2D eigenvalue weighted by Crippen LogP contribution is -2.33. The number of aliphatic hydroxyl groups is 2. The highest BCUT2D eigenvalue weighted by Crippen LogP contribution is 2.09. The van der Waals surface area contributed by atoms with Crippen molar-refractivity contribution in [2.75, 3.05) is 26.3 Å². The van der Waals surface area contributed by atoms with Gasteiger partial charge in [-0.1, -0.05) is 0 Å². The Labute approximate surface area is 85.9 Å². The number of carboxylic acid groups (broad SMARTS) is 1. The van der Waals surface area contributed by atoms with Gasteiger partial charge >= 0.3 is 5.97 Å². The number of β-amino-alcohol motifs (C(OH)–C–C–N with tert-alkyl or cyclic N) is 2. The zero-order valence-electron chi connectivity index (χ0n) is 8.00. The molecule has 0 aromatic rings. The Morgan fingerprint density at radius 2 is 1.73 bits per heavy atom. The fourth-order valence-corrected chi connectivity index (χ4v) is 1.29. The number of carbonyl (C=O) groups excluding carboxylic acids is 1. The van der Waals surface area contributed by atoms with E-state index in [0.29, 0.717) is 0 Å². The third kappa shape index (κ3) is 3.46. The van der Waals surface area contributed by atoms with E-state index in [0.717, 1.165) is 0 Å². The first kappa shape index (κ1) is 11.9. The second-order valence-corrected chi connectivity index (χ2v) is 3.32. The van der Waals surface area contributed by atoms with E-state index in [2.05, 4.69) is 4.74 Å². The van der Waals surface area contributed by atoms with Crippen LogP contribution in [0, 0.1) is 0 Å². The molecule has 1 fully saturated rings. The lowest BCUT2D eigenvalue weighted by atomic mass is 10.3. The number of hydrogen-bond acceptors (Lipinski definition) is 5. The highest BCUT2D eigenvalue weighted by Gasteiger charge is 2.32. The van der Waals surface area contributed by atoms with Gasteiger partial charge in [-0.3, -0.25) is 4.79 Å². The maximum Gasteiger partial charge on any atom is 0.329 e. The van der Waals surface area contributed by atoms with Crippen molar-refractivity contribution in [3.63, 3.8) is 0 Å². The number of nitrogens with zero attached hydrogens (tertiary/aromatic N) is 1. The normalized spacial score (nSPS) is 25.6. The summed E-state index contributed by atoms with van der Waals surface area (Å²) in [6, 6.07) is 0. The number of carboxylic acids is 1. The summed E-state index contributed by atoms with van der Waals surface area (Å²) in [5, 5.41) is 26.5. The van der Waals surface area contributed by atoms with Gasteiger partial charge in [0.2, 0.25) is 5.91 Å². The first-order chi connectivity index (χ1) is 7.00. The van der Waals surface area contributed by atoms with E-state index in [1.54, 1.807) is 0 Å². The van der Waals surface area contributed by atoms with Gasteiger partial charge in [0.15, 0.2) is 0 Å². The molecule has 0 bridgehead atoms. The fourth-order valence-electron chi connectivity index (χ4n) is 1.29. The number of aliphatic carboxylic acids is 1. The van der Waals surface area contributed by atoms with Crippen LogP contribution in [-0.4, -0.2) is 70.6 Å². The first-order valence-corrected chi connectivity index (χ1v) is 4.44. The minimum atomic E-state index is -1.15. The van der Waals surface area contributed by atoms with Crippen LogP contribution in [0.15, 0.2) is 0 Å². The largest absolute Gasteiger partial charge is 0.480 e. The number of amides is 1. The summed E-state index contributed by atoms with van der Waals surface area (Å²) in [6.07, 6.45) is -1.87. The van der Waals surface area contributed by atoms with Gasteiger partial charge < -0.3 is 25.0 Å². The smallest absolute Gasteiger partial charge is 0.329 e. The topological polar surface area (TPSA) is 107 Å². The molecular weight excluding hydrogens is 206 g/mol. The molecule has 1 amide bonds. The molecule has 3 N–H and O–H groups in total. The van der Waals surface area contributed by atoms with Gasteiger partial charge in [0, 0.05) is 13.1 Å². The number of aliphatic hydroxyl groups excluding tert-OH is 2. The van der Waals surface area contributed by atoms with Gasteiger partial charge in [-0.25, -0.2) is 4.79 Å². The molecule has 0 aromatic heterocycles. The van der Waals surface area contributed by atoms with Crippen LogP contribution in [0.4, 0.5) is 0 Å². The second-order valence-electron chi connectivity index (χ2n) is 3.32. The second kappa shape index (κ2) is 5.06. The van der Waals surface area contributed by atoms with Crippen molar-refractivity contribution in [1.29, 1.82) is 0 Å². The maximum absolute atomic E-state index is 11.3. The Bertz CT molecular complexity index is 246. The van der Waals surface area contributed by atoms with E-state index in [4.69, 9.17) is 15.3 Å². The van der Waals surface area contributed by atoms with Gasteiger partial charge in [0.05, 0.1) is 12.2 Å². The predicted molar refractivity (Wildman–Crippen MR) is 47.0 cm³/mol. The zero-order valence-corrected chi connectivity index (χ0v) is 8.00. The number of rotatable bonds is 4. The molecule has 0 saturated carbocycles. The maximum atomic E-state index is 11.3. The lowest BCUT2D eigenvalue weighted by molar-refractivity contribution is -0.145. The molecule has 86 valence electrons. The standard InChI is InChI=1S/C8H13NO6/c10-5-1-9(2-6(5)11)7(12)3-15-4-8(13)14/h5-6,10-11H,1-4H2,(H,13,14)/t5-,6+. The fraction of sp³-hybridized carbons (Fsp3) is 0.750. The van der Waals surface area contributed by atoms with Crippen LogP contribution >= 0.6 is 0 Å². The van der Waals surface area contributed by atoms with E-state index < -0.39 is 30.7 Å². The molecule has 1 aliphatic heterocycles. The van der Waals surface area contributed by atoms with Crippen LogP contribution in [0.25, 0.3) is 0 Å². The van der Waals surface area contributed by atoms with Crippen molar-refractivity contribution in [3.8, 4) is 0 Å². The van der Waals surface area contributed by atoms with E-state index in [1.807, 2.05) is 0 Å². The summed E-state index contributed by atoms with van der Waals surface area (Å²) in [5.41, 5.74) is 0. The average molecular weight is 219 g/mol. The number of carbonyl (C=O) groups is 2. The Morgan fingerprint density at radius 3 is 2.20 bits per heavy atom. The Morgan fingerprint density at radius 1 is 1.20 bits per heavy atom. The number of ether oxygens (including phenoxy) is 1.